The van der Waals surface area contributed by atoms with Crippen molar-refractivity contribution in [2.75, 3.05) is 0 Å². The Morgan fingerprint density at radius 2 is 1.70 bits per heavy atom. The summed E-state index contributed by atoms with van der Waals surface area (Å²) in [6.07, 6.45) is 0. The Morgan fingerprint density at radius 3 is 1.80 bits per heavy atom. The molecule has 0 N–H and O–H groups in total. The monoisotopic (exact) mass is 160 g/mol. The predicted octanol–water partition coefficient (Wildman–Crippen LogP) is 1.44. The quantitative estimate of drug-likeness (QED) is 0.613. The highest BCUT2D eigenvalue weighted by atomic mass is 32.3. The van der Waals surface area contributed by atoms with Crippen molar-refractivity contribution in [3.63, 3.8) is 0 Å². The summed E-state index contributed by atoms with van der Waals surface area (Å²) in [6.45, 7) is 9.89. The molecule has 1 rings (SSSR count). The SMILES string of the molecule is C=CS1(=O)(C=C)OC(=C)O1. The van der Waals surface area contributed by atoms with Gasteiger partial charge in [-0.2, -0.15) is 4.21 Å². The molecule has 0 aliphatic carbocycles. The molecule has 0 bridgehead atoms. The first-order valence-electron chi connectivity index (χ1n) is 2.55. The molecule has 0 unspecified atom stereocenters. The van der Waals surface area contributed by atoms with Crippen LogP contribution in [0.2, 0.25) is 0 Å². The molecule has 0 spiro atoms. The molecule has 1 saturated heterocycles. The molecule has 0 aromatic carbocycles. The molecule has 0 aromatic heterocycles. The fourth-order valence-electron chi connectivity index (χ4n) is 0.577. The maximum Gasteiger partial charge on any atom is 0.305 e. The molecule has 0 aromatic rings. The topological polar surface area (TPSA) is 35.5 Å². The Labute approximate surface area is 59.4 Å². The molecule has 3 nitrogen and oxygen atoms in total. The van der Waals surface area contributed by atoms with Crippen molar-refractivity contribution in [3.8, 4) is 0 Å². The third-order valence-corrected chi connectivity index (χ3v) is 3.35. The minimum absolute atomic E-state index is 0.0387. The van der Waals surface area contributed by atoms with Crippen LogP contribution in [0, 0.1) is 0 Å². The number of hydrogen-bond donors (Lipinski definition) is 0. The summed E-state index contributed by atoms with van der Waals surface area (Å²) in [6, 6.07) is 0. The Hall–Kier alpha value is -1.03. The maximum absolute atomic E-state index is 11.4. The van der Waals surface area contributed by atoms with Gasteiger partial charge >= 0.3 is 5.95 Å². The molecule has 1 aliphatic rings. The van der Waals surface area contributed by atoms with Crippen LogP contribution in [0.3, 0.4) is 0 Å². The van der Waals surface area contributed by atoms with E-state index < -0.39 is 9.63 Å². The highest BCUT2D eigenvalue weighted by Crippen LogP contribution is 2.45. The standard InChI is InChI=1S/C6H8O3S/c1-4-10(7,5-2)8-6(3)9-10/h4-5H,1-3H2. The largest absolute Gasteiger partial charge is 0.354 e. The average Bonchev–Trinajstić information content (AvgIpc) is 1.86. The second-order valence-electron chi connectivity index (χ2n) is 1.79. The molecule has 1 heterocycles. The Bertz CT molecular complexity index is 251. The van der Waals surface area contributed by atoms with Gasteiger partial charge in [0.25, 0.3) is 0 Å². The number of hydrogen-bond acceptors (Lipinski definition) is 3. The van der Waals surface area contributed by atoms with Crippen molar-refractivity contribution in [1.82, 2.24) is 0 Å². The van der Waals surface area contributed by atoms with Crippen LogP contribution in [0.1, 0.15) is 0 Å². The van der Waals surface area contributed by atoms with Crippen LogP contribution in [0.25, 0.3) is 0 Å². The van der Waals surface area contributed by atoms with Crippen molar-refractivity contribution in [2.24, 2.45) is 0 Å². The van der Waals surface area contributed by atoms with Crippen molar-refractivity contribution >= 4 is 9.63 Å². The molecule has 4 heteroatoms. The van der Waals surface area contributed by atoms with E-state index in [1.807, 2.05) is 0 Å². The predicted molar refractivity (Wildman–Crippen MR) is 39.8 cm³/mol. The van der Waals surface area contributed by atoms with Crippen LogP contribution in [0.5, 0.6) is 0 Å². The van der Waals surface area contributed by atoms with Gasteiger partial charge < -0.3 is 8.37 Å². The molecule has 0 atom stereocenters. The molecule has 10 heavy (non-hydrogen) atoms. The third-order valence-electron chi connectivity index (χ3n) is 1.12. The molecule has 0 radical (unpaired) electrons. The fraction of sp³-hybridized carbons (Fsp3) is 0. The zero-order valence-corrected chi connectivity index (χ0v) is 6.23. The highest BCUT2D eigenvalue weighted by molar-refractivity contribution is 8.17. The van der Waals surface area contributed by atoms with Crippen LogP contribution >= 0.6 is 0 Å². The van der Waals surface area contributed by atoms with Gasteiger partial charge in [-0.3, -0.25) is 0 Å². The second kappa shape index (κ2) is 1.52. The van der Waals surface area contributed by atoms with E-state index >= 15 is 0 Å². The lowest BCUT2D eigenvalue weighted by molar-refractivity contribution is 0.128. The number of rotatable bonds is 2. The Morgan fingerprint density at radius 1 is 1.30 bits per heavy atom. The summed E-state index contributed by atoms with van der Waals surface area (Å²) in [5, 5.41) is 2.19. The molecule has 56 valence electrons. The van der Waals surface area contributed by atoms with E-state index in [2.05, 4.69) is 19.7 Å². The van der Waals surface area contributed by atoms with Gasteiger partial charge in [0.15, 0.2) is 0 Å². The summed E-state index contributed by atoms with van der Waals surface area (Å²) in [5.41, 5.74) is 0. The summed E-state index contributed by atoms with van der Waals surface area (Å²) >= 11 is 0. The molecule has 0 saturated carbocycles. The van der Waals surface area contributed by atoms with Gasteiger partial charge in [0.05, 0.1) is 0 Å². The van der Waals surface area contributed by atoms with Crippen LogP contribution < -0.4 is 0 Å². The fourth-order valence-corrected chi connectivity index (χ4v) is 1.73. The van der Waals surface area contributed by atoms with Crippen molar-refractivity contribution in [3.05, 3.63) is 36.5 Å². The van der Waals surface area contributed by atoms with Gasteiger partial charge in [0.1, 0.15) is 0 Å². The van der Waals surface area contributed by atoms with Crippen LogP contribution in [0.4, 0.5) is 0 Å². The van der Waals surface area contributed by atoms with Crippen LogP contribution in [-0.2, 0) is 18.0 Å². The van der Waals surface area contributed by atoms with Gasteiger partial charge in [-0.25, -0.2) is 0 Å². The summed E-state index contributed by atoms with van der Waals surface area (Å²) in [7, 11) is -3.60. The summed E-state index contributed by atoms with van der Waals surface area (Å²) in [4.78, 5) is 0. The van der Waals surface area contributed by atoms with Gasteiger partial charge in [0, 0.05) is 10.8 Å². The van der Waals surface area contributed by atoms with E-state index in [-0.39, 0.29) is 5.95 Å². The lowest BCUT2D eigenvalue weighted by atomic mass is 11.1. The molecule has 0 amide bonds. The van der Waals surface area contributed by atoms with Gasteiger partial charge in [-0.05, 0) is 6.58 Å². The van der Waals surface area contributed by atoms with E-state index in [1.165, 1.54) is 0 Å². The molecular weight excluding hydrogens is 152 g/mol. The lowest BCUT2D eigenvalue weighted by Gasteiger charge is -2.44. The molecule has 1 fully saturated rings. The summed E-state index contributed by atoms with van der Waals surface area (Å²) in [5.74, 6) is 0.0387. The first-order chi connectivity index (χ1) is 4.52. The van der Waals surface area contributed by atoms with Crippen molar-refractivity contribution in [1.29, 1.82) is 0 Å². The van der Waals surface area contributed by atoms with Crippen molar-refractivity contribution < 1.29 is 12.6 Å². The molecule has 1 aliphatic heterocycles. The molecular formula is C6H8O3S. The third kappa shape index (κ3) is 0.690. The van der Waals surface area contributed by atoms with Gasteiger partial charge in [-0.15, -0.1) is 0 Å². The van der Waals surface area contributed by atoms with Crippen LogP contribution in [-0.4, -0.2) is 4.21 Å². The van der Waals surface area contributed by atoms with Gasteiger partial charge in [-0.1, -0.05) is 13.2 Å². The minimum Gasteiger partial charge on any atom is -0.354 e. The van der Waals surface area contributed by atoms with E-state index in [4.69, 9.17) is 8.37 Å². The second-order valence-corrected chi connectivity index (χ2v) is 4.62. The van der Waals surface area contributed by atoms with E-state index in [1.54, 1.807) is 0 Å². The smallest absolute Gasteiger partial charge is 0.305 e. The first kappa shape index (κ1) is 7.08. The lowest BCUT2D eigenvalue weighted by Crippen LogP contribution is -2.41. The van der Waals surface area contributed by atoms with Gasteiger partial charge in [0.2, 0.25) is 9.63 Å². The summed E-state index contributed by atoms with van der Waals surface area (Å²) < 4.78 is 20.9. The van der Waals surface area contributed by atoms with E-state index in [0.29, 0.717) is 0 Å². The average molecular weight is 160 g/mol. The normalized spacial score (nSPS) is 29.2. The Balaban J connectivity index is 3.05. The van der Waals surface area contributed by atoms with Crippen molar-refractivity contribution in [2.45, 2.75) is 0 Å². The van der Waals surface area contributed by atoms with E-state index in [9.17, 15) is 4.21 Å². The highest BCUT2D eigenvalue weighted by Gasteiger charge is 2.44. The maximum atomic E-state index is 11.4. The zero-order valence-electron chi connectivity index (χ0n) is 5.41. The Kier molecular flexibility index (Phi) is 1.08. The first-order valence-corrected chi connectivity index (χ1v) is 4.49. The zero-order chi connectivity index (χ0) is 7.85. The minimum atomic E-state index is -3.60. The van der Waals surface area contributed by atoms with Crippen LogP contribution in [0.15, 0.2) is 36.5 Å². The van der Waals surface area contributed by atoms with E-state index in [0.717, 1.165) is 10.8 Å².